The van der Waals surface area contributed by atoms with E-state index in [4.69, 9.17) is 23.8 Å². The van der Waals surface area contributed by atoms with E-state index in [2.05, 4.69) is 10.2 Å². The first-order valence-corrected chi connectivity index (χ1v) is 9.12. The monoisotopic (exact) mass is 376 g/mol. The molecule has 0 saturated heterocycles. The second-order valence-electron chi connectivity index (χ2n) is 6.21. The van der Waals surface area contributed by atoms with E-state index >= 15 is 0 Å². The Bertz CT molecular complexity index is 732. The average Bonchev–Trinajstić information content (AvgIpc) is 2.79. The molecule has 0 aromatic heterocycles. The highest BCUT2D eigenvalue weighted by atomic mass is 35.5. The van der Waals surface area contributed by atoms with Crippen molar-refractivity contribution in [3.05, 3.63) is 58.1 Å². The second kappa shape index (κ2) is 7.93. The van der Waals surface area contributed by atoms with Gasteiger partial charge >= 0.3 is 0 Å². The molecule has 0 aliphatic carbocycles. The van der Waals surface area contributed by atoms with Gasteiger partial charge in [-0.2, -0.15) is 0 Å². The number of benzene rings is 2. The number of halogens is 1. The molecule has 3 N–H and O–H groups in total. The number of nitrogens with one attached hydrogen (secondary N) is 1. The fraction of sp³-hybridized carbons (Fsp3) is 0.316. The number of rotatable bonds is 3. The highest BCUT2D eigenvalue weighted by Crippen LogP contribution is 2.30. The third-order valence-electron chi connectivity index (χ3n) is 4.49. The van der Waals surface area contributed by atoms with Crippen LogP contribution in [-0.4, -0.2) is 39.9 Å². The number of phenolic OH excluding ortho intramolecular Hbond substituents is 2. The van der Waals surface area contributed by atoms with E-state index in [0.29, 0.717) is 0 Å². The van der Waals surface area contributed by atoms with Crippen LogP contribution in [0, 0.1) is 0 Å². The lowest BCUT2D eigenvalue weighted by Gasteiger charge is -2.24. The van der Waals surface area contributed by atoms with Gasteiger partial charge in [0.05, 0.1) is 0 Å². The van der Waals surface area contributed by atoms with Crippen LogP contribution in [0.2, 0.25) is 5.02 Å². The topological polar surface area (TPSA) is 55.7 Å². The maximum atomic E-state index is 9.67. The Morgan fingerprint density at radius 2 is 1.60 bits per heavy atom. The Morgan fingerprint density at radius 1 is 1.04 bits per heavy atom. The van der Waals surface area contributed by atoms with Gasteiger partial charge in [-0.3, -0.25) is 0 Å². The number of fused-ring (bicyclic) bond motifs is 1. The maximum absolute atomic E-state index is 9.67. The number of thiocarbonyl (C=S) groups is 1. The molecule has 132 valence electrons. The molecule has 1 aliphatic rings. The summed E-state index contributed by atoms with van der Waals surface area (Å²) in [6.45, 7) is 2.36. The molecule has 1 aliphatic heterocycles. The zero-order valence-corrected chi connectivity index (χ0v) is 15.4. The van der Waals surface area contributed by atoms with E-state index in [1.54, 1.807) is 12.1 Å². The first-order valence-electron chi connectivity index (χ1n) is 8.34. The standard InChI is InChI=1S/C19H21ClN2O2S/c20-16-3-1-13(2-4-16)5-8-21-19(25)22-9-6-14-11-17(23)18(24)12-15(14)7-10-22/h1-4,11-12,23-24H,5-10H2,(H,21,25). The Morgan fingerprint density at radius 3 is 2.16 bits per heavy atom. The minimum Gasteiger partial charge on any atom is -0.504 e. The van der Waals surface area contributed by atoms with Crippen LogP contribution >= 0.6 is 23.8 Å². The lowest BCUT2D eigenvalue weighted by molar-refractivity contribution is 0.402. The number of nitrogens with zero attached hydrogens (tertiary/aromatic N) is 1. The molecular weight excluding hydrogens is 356 g/mol. The highest BCUT2D eigenvalue weighted by Gasteiger charge is 2.17. The van der Waals surface area contributed by atoms with Gasteiger partial charge in [-0.25, -0.2) is 0 Å². The summed E-state index contributed by atoms with van der Waals surface area (Å²) < 4.78 is 0. The molecule has 1 heterocycles. The predicted octanol–water partition coefficient (Wildman–Crippen LogP) is 3.27. The molecule has 6 heteroatoms. The molecule has 0 radical (unpaired) electrons. The van der Waals surface area contributed by atoms with Gasteiger partial charge < -0.3 is 20.4 Å². The lowest BCUT2D eigenvalue weighted by Crippen LogP contribution is -2.41. The molecule has 0 unspecified atom stereocenters. The van der Waals surface area contributed by atoms with E-state index in [1.165, 1.54) is 5.56 Å². The molecular formula is C19H21ClN2O2S. The lowest BCUT2D eigenvalue weighted by atomic mass is 10.0. The van der Waals surface area contributed by atoms with Crippen LogP contribution in [0.3, 0.4) is 0 Å². The van der Waals surface area contributed by atoms with E-state index in [9.17, 15) is 10.2 Å². The Kier molecular flexibility index (Phi) is 5.66. The number of hydrogen-bond donors (Lipinski definition) is 3. The van der Waals surface area contributed by atoms with Crippen molar-refractivity contribution in [2.45, 2.75) is 19.3 Å². The van der Waals surface area contributed by atoms with Crippen LogP contribution < -0.4 is 5.32 Å². The molecule has 4 nitrogen and oxygen atoms in total. The summed E-state index contributed by atoms with van der Waals surface area (Å²) in [4.78, 5) is 2.14. The zero-order valence-electron chi connectivity index (χ0n) is 13.8. The molecule has 0 saturated carbocycles. The van der Waals surface area contributed by atoms with Crippen molar-refractivity contribution < 1.29 is 10.2 Å². The van der Waals surface area contributed by atoms with Crippen molar-refractivity contribution in [3.63, 3.8) is 0 Å². The SMILES string of the molecule is Oc1cc2c(cc1O)CCN(C(=S)NCCc1ccc(Cl)cc1)CC2. The van der Waals surface area contributed by atoms with Gasteiger partial charge in [0.25, 0.3) is 0 Å². The van der Waals surface area contributed by atoms with Crippen LogP contribution in [0.4, 0.5) is 0 Å². The fourth-order valence-corrected chi connectivity index (χ4v) is 3.44. The van der Waals surface area contributed by atoms with E-state index in [1.807, 2.05) is 24.3 Å². The van der Waals surface area contributed by atoms with Gasteiger partial charge in [-0.15, -0.1) is 0 Å². The first kappa shape index (κ1) is 17.8. The summed E-state index contributed by atoms with van der Waals surface area (Å²) in [6.07, 6.45) is 2.47. The van der Waals surface area contributed by atoms with Gasteiger partial charge in [0.15, 0.2) is 16.6 Å². The van der Waals surface area contributed by atoms with Gasteiger partial charge in [-0.1, -0.05) is 23.7 Å². The van der Waals surface area contributed by atoms with Gasteiger partial charge in [-0.05, 0) is 72.4 Å². The van der Waals surface area contributed by atoms with Gasteiger partial charge in [0.2, 0.25) is 0 Å². The molecule has 3 rings (SSSR count). The first-order chi connectivity index (χ1) is 12.0. The van der Waals surface area contributed by atoms with E-state index in [0.717, 1.165) is 60.2 Å². The smallest absolute Gasteiger partial charge is 0.168 e. The Balaban J connectivity index is 1.52. The van der Waals surface area contributed by atoms with E-state index in [-0.39, 0.29) is 11.5 Å². The van der Waals surface area contributed by atoms with Gasteiger partial charge in [0.1, 0.15) is 0 Å². The van der Waals surface area contributed by atoms with Crippen LogP contribution in [0.15, 0.2) is 36.4 Å². The molecule has 0 atom stereocenters. The third-order valence-corrected chi connectivity index (χ3v) is 5.14. The minimum absolute atomic E-state index is 0.0594. The number of aromatic hydroxyl groups is 2. The third kappa shape index (κ3) is 4.55. The summed E-state index contributed by atoms with van der Waals surface area (Å²) in [5.74, 6) is -0.119. The molecule has 2 aromatic rings. The predicted molar refractivity (Wildman–Crippen MR) is 105 cm³/mol. The largest absolute Gasteiger partial charge is 0.504 e. The molecule has 0 fully saturated rings. The Labute approximate surface area is 158 Å². The van der Waals surface area contributed by atoms with Gasteiger partial charge in [0, 0.05) is 24.7 Å². The van der Waals surface area contributed by atoms with Crippen LogP contribution in [0.5, 0.6) is 11.5 Å². The molecule has 25 heavy (non-hydrogen) atoms. The molecule has 0 amide bonds. The van der Waals surface area contributed by atoms with Crippen molar-refractivity contribution in [2.24, 2.45) is 0 Å². The quantitative estimate of drug-likeness (QED) is 0.567. The summed E-state index contributed by atoms with van der Waals surface area (Å²) >= 11 is 11.4. The zero-order chi connectivity index (χ0) is 17.8. The van der Waals surface area contributed by atoms with Crippen LogP contribution in [0.1, 0.15) is 16.7 Å². The normalized spacial score (nSPS) is 13.9. The highest BCUT2D eigenvalue weighted by molar-refractivity contribution is 7.80. The Hall–Kier alpha value is -1.98. The molecule has 0 bridgehead atoms. The number of phenols is 2. The van der Waals surface area contributed by atoms with Crippen molar-refractivity contribution in [3.8, 4) is 11.5 Å². The summed E-state index contributed by atoms with van der Waals surface area (Å²) in [5, 5.41) is 24.2. The summed E-state index contributed by atoms with van der Waals surface area (Å²) in [6, 6.07) is 11.2. The van der Waals surface area contributed by atoms with E-state index < -0.39 is 0 Å². The second-order valence-corrected chi connectivity index (χ2v) is 7.03. The summed E-state index contributed by atoms with van der Waals surface area (Å²) in [5.41, 5.74) is 3.36. The van der Waals surface area contributed by atoms with Crippen molar-refractivity contribution in [1.29, 1.82) is 0 Å². The average molecular weight is 377 g/mol. The minimum atomic E-state index is -0.0594. The maximum Gasteiger partial charge on any atom is 0.168 e. The van der Waals surface area contributed by atoms with Crippen LogP contribution in [-0.2, 0) is 19.3 Å². The van der Waals surface area contributed by atoms with Crippen molar-refractivity contribution in [1.82, 2.24) is 10.2 Å². The van der Waals surface area contributed by atoms with Crippen LogP contribution in [0.25, 0.3) is 0 Å². The molecule has 0 spiro atoms. The summed E-state index contributed by atoms with van der Waals surface area (Å²) in [7, 11) is 0. The fourth-order valence-electron chi connectivity index (χ4n) is 3.03. The van der Waals surface area contributed by atoms with Crippen molar-refractivity contribution >= 4 is 28.9 Å². The molecule has 2 aromatic carbocycles. The van der Waals surface area contributed by atoms with Crippen molar-refractivity contribution in [2.75, 3.05) is 19.6 Å². The number of hydrogen-bond acceptors (Lipinski definition) is 3.